The summed E-state index contributed by atoms with van der Waals surface area (Å²) in [7, 11) is 0. The number of rotatable bonds is 14. The van der Waals surface area contributed by atoms with Crippen molar-refractivity contribution in [3.63, 3.8) is 0 Å². The lowest BCUT2D eigenvalue weighted by Crippen LogP contribution is -2.47. The average molecular weight is 589 g/mol. The number of piperazine rings is 1. The van der Waals surface area contributed by atoms with Crippen LogP contribution in [0.1, 0.15) is 33.6 Å². The van der Waals surface area contributed by atoms with Gasteiger partial charge in [-0.05, 0) is 38.1 Å². The van der Waals surface area contributed by atoms with E-state index in [4.69, 9.17) is 0 Å². The molecule has 2 amide bonds. The highest BCUT2D eigenvalue weighted by Crippen LogP contribution is 2.25. The van der Waals surface area contributed by atoms with Gasteiger partial charge in [0.2, 0.25) is 0 Å². The molecule has 18 nitrogen and oxygen atoms in total. The highest BCUT2D eigenvalue weighted by atomic mass is 16.6. The molecule has 18 heteroatoms. The van der Waals surface area contributed by atoms with Crippen molar-refractivity contribution in [2.75, 3.05) is 52.4 Å². The zero-order valence-electron chi connectivity index (χ0n) is 22.3. The summed E-state index contributed by atoms with van der Waals surface area (Å²) >= 11 is 0. The van der Waals surface area contributed by atoms with E-state index in [-0.39, 0.29) is 24.2 Å². The van der Waals surface area contributed by atoms with Crippen molar-refractivity contribution in [1.29, 1.82) is 0 Å². The number of nitro groups is 4. The molecule has 1 aliphatic heterocycles. The number of hydrogen-bond acceptors (Lipinski definition) is 12. The number of carbonyl (C=O) groups is 2. The van der Waals surface area contributed by atoms with Crippen molar-refractivity contribution in [2.45, 2.75) is 12.8 Å². The minimum atomic E-state index is -0.833. The molecule has 1 saturated heterocycles. The molecule has 0 aliphatic carbocycles. The summed E-state index contributed by atoms with van der Waals surface area (Å²) in [6.07, 6.45) is 1.18. The summed E-state index contributed by atoms with van der Waals surface area (Å²) < 4.78 is 0. The van der Waals surface area contributed by atoms with Crippen LogP contribution >= 0.6 is 0 Å². The van der Waals surface area contributed by atoms with Crippen LogP contribution < -0.4 is 10.6 Å². The van der Waals surface area contributed by atoms with Crippen molar-refractivity contribution in [2.24, 2.45) is 0 Å². The number of carbonyl (C=O) groups excluding carboxylic acids is 2. The first kappa shape index (κ1) is 31.4. The highest BCUT2D eigenvalue weighted by Gasteiger charge is 2.25. The fourth-order valence-corrected chi connectivity index (χ4v) is 4.39. The van der Waals surface area contributed by atoms with Gasteiger partial charge >= 0.3 is 0 Å². The van der Waals surface area contributed by atoms with Gasteiger partial charge in [0.25, 0.3) is 34.6 Å². The van der Waals surface area contributed by atoms with Crippen LogP contribution in [-0.4, -0.2) is 93.7 Å². The van der Waals surface area contributed by atoms with Gasteiger partial charge in [0, 0.05) is 51.4 Å². The van der Waals surface area contributed by atoms with Gasteiger partial charge in [-0.15, -0.1) is 0 Å². The maximum absolute atomic E-state index is 12.4. The molecule has 0 saturated carbocycles. The second-order valence-electron chi connectivity index (χ2n) is 9.33. The summed E-state index contributed by atoms with van der Waals surface area (Å²) in [5, 5.41) is 49.4. The van der Waals surface area contributed by atoms with Gasteiger partial charge in [-0.3, -0.25) is 50.0 Å². The van der Waals surface area contributed by atoms with E-state index in [0.717, 1.165) is 62.6 Å². The number of amides is 2. The molecular weight excluding hydrogens is 560 g/mol. The minimum absolute atomic E-state index is 0.249. The van der Waals surface area contributed by atoms with Gasteiger partial charge in [0.1, 0.15) is 11.1 Å². The lowest BCUT2D eigenvalue weighted by Gasteiger charge is -2.34. The smallest absolute Gasteiger partial charge is 0.289 e. The standard InChI is InChI=1S/C24H28N8O10/c33-23(19-5-3-17(29(35)36)15-21(19)31(39)40)25-7-1-9-27-11-13-28(14-12-27)10-2-8-26-24(34)20-6-4-18(30(37)38)16-22(20)32(41)42/h3-6,15-16H,1-2,7-14H2,(H,25,33)(H,26,34). The summed E-state index contributed by atoms with van der Waals surface area (Å²) in [5.41, 5.74) is -2.72. The Morgan fingerprint density at radius 2 is 0.976 bits per heavy atom. The quantitative estimate of drug-likeness (QED) is 0.183. The van der Waals surface area contributed by atoms with E-state index in [9.17, 15) is 50.0 Å². The van der Waals surface area contributed by atoms with Crippen molar-refractivity contribution in [3.05, 3.63) is 88.0 Å². The first-order valence-corrected chi connectivity index (χ1v) is 12.8. The highest BCUT2D eigenvalue weighted by molar-refractivity contribution is 5.99. The zero-order chi connectivity index (χ0) is 30.8. The van der Waals surface area contributed by atoms with Gasteiger partial charge in [0.05, 0.1) is 31.8 Å². The molecule has 1 fully saturated rings. The molecule has 0 bridgehead atoms. The monoisotopic (exact) mass is 588 g/mol. The summed E-state index contributed by atoms with van der Waals surface area (Å²) in [4.78, 5) is 70.2. The molecule has 2 aromatic rings. The fourth-order valence-electron chi connectivity index (χ4n) is 4.39. The molecule has 1 heterocycles. The van der Waals surface area contributed by atoms with Crippen LogP contribution in [0.25, 0.3) is 0 Å². The lowest BCUT2D eigenvalue weighted by molar-refractivity contribution is -0.394. The maximum atomic E-state index is 12.4. The Balaban J connectivity index is 1.34. The third-order valence-corrected chi connectivity index (χ3v) is 6.61. The zero-order valence-corrected chi connectivity index (χ0v) is 22.3. The summed E-state index contributed by atoms with van der Waals surface area (Å²) in [5.74, 6) is -1.37. The van der Waals surface area contributed by atoms with Gasteiger partial charge in [-0.25, -0.2) is 0 Å². The maximum Gasteiger partial charge on any atom is 0.289 e. The number of nitro benzene ring substituents is 4. The molecule has 42 heavy (non-hydrogen) atoms. The van der Waals surface area contributed by atoms with Crippen molar-refractivity contribution < 1.29 is 29.3 Å². The van der Waals surface area contributed by atoms with Crippen LogP contribution in [0.4, 0.5) is 22.7 Å². The minimum Gasteiger partial charge on any atom is -0.352 e. The Labute approximate surface area is 237 Å². The van der Waals surface area contributed by atoms with Gasteiger partial charge in [-0.1, -0.05) is 0 Å². The molecule has 0 radical (unpaired) electrons. The second kappa shape index (κ2) is 14.5. The molecule has 0 atom stereocenters. The molecular formula is C24H28N8O10. The number of hydrogen-bond donors (Lipinski definition) is 2. The van der Waals surface area contributed by atoms with Crippen LogP contribution in [0.5, 0.6) is 0 Å². The topological polar surface area (TPSA) is 237 Å². The molecule has 2 aromatic carbocycles. The van der Waals surface area contributed by atoms with Gasteiger partial charge < -0.3 is 20.4 Å². The third kappa shape index (κ3) is 8.45. The normalized spacial score (nSPS) is 13.7. The summed E-state index contributed by atoms with van der Waals surface area (Å²) in [6.45, 7) is 4.96. The van der Waals surface area contributed by atoms with Crippen LogP contribution in [0.15, 0.2) is 36.4 Å². The molecule has 1 aliphatic rings. The van der Waals surface area contributed by atoms with E-state index in [1.54, 1.807) is 0 Å². The van der Waals surface area contributed by atoms with Crippen LogP contribution in [-0.2, 0) is 0 Å². The number of benzene rings is 2. The first-order chi connectivity index (χ1) is 20.0. The molecule has 2 N–H and O–H groups in total. The van der Waals surface area contributed by atoms with E-state index < -0.39 is 54.3 Å². The van der Waals surface area contributed by atoms with E-state index in [0.29, 0.717) is 25.9 Å². The Morgan fingerprint density at radius 3 is 1.29 bits per heavy atom. The van der Waals surface area contributed by atoms with Gasteiger partial charge in [0.15, 0.2) is 0 Å². The molecule has 0 spiro atoms. The third-order valence-electron chi connectivity index (χ3n) is 6.61. The number of non-ortho nitro benzene ring substituents is 2. The van der Waals surface area contributed by atoms with Crippen molar-refractivity contribution >= 4 is 34.6 Å². The van der Waals surface area contributed by atoms with Crippen LogP contribution in [0.2, 0.25) is 0 Å². The first-order valence-electron chi connectivity index (χ1n) is 12.8. The molecule has 0 aromatic heterocycles. The lowest BCUT2D eigenvalue weighted by atomic mass is 10.1. The average Bonchev–Trinajstić information content (AvgIpc) is 2.97. The predicted octanol–water partition coefficient (Wildman–Crippen LogP) is 1.88. The van der Waals surface area contributed by atoms with Crippen LogP contribution in [0, 0.1) is 40.5 Å². The Bertz CT molecular complexity index is 1270. The van der Waals surface area contributed by atoms with E-state index in [2.05, 4.69) is 20.4 Å². The van der Waals surface area contributed by atoms with Gasteiger partial charge in [-0.2, -0.15) is 0 Å². The molecule has 0 unspecified atom stereocenters. The fraction of sp³-hybridized carbons (Fsp3) is 0.417. The molecule has 224 valence electrons. The molecule has 3 rings (SSSR count). The largest absolute Gasteiger partial charge is 0.352 e. The van der Waals surface area contributed by atoms with Crippen LogP contribution in [0.3, 0.4) is 0 Å². The Kier molecular flexibility index (Phi) is 10.9. The SMILES string of the molecule is O=C(NCCCN1CCN(CCCNC(=O)c2ccc([N+](=O)[O-])cc2[N+](=O)[O-])CC1)c1ccc([N+](=O)[O-])cc1[N+](=O)[O-]. The Morgan fingerprint density at radius 1 is 0.619 bits per heavy atom. The van der Waals surface area contributed by atoms with Crippen molar-refractivity contribution in [1.82, 2.24) is 20.4 Å². The number of nitrogens with one attached hydrogen (secondary N) is 2. The Hall–Kier alpha value is -5.10. The second-order valence-corrected chi connectivity index (χ2v) is 9.33. The van der Waals surface area contributed by atoms with E-state index >= 15 is 0 Å². The summed E-state index contributed by atoms with van der Waals surface area (Å²) in [6, 6.07) is 5.73. The van der Waals surface area contributed by atoms with E-state index in [1.165, 1.54) is 0 Å². The predicted molar refractivity (Wildman–Crippen MR) is 146 cm³/mol. The number of nitrogens with zero attached hydrogens (tertiary/aromatic N) is 6. The van der Waals surface area contributed by atoms with E-state index in [1.807, 2.05) is 0 Å². The van der Waals surface area contributed by atoms with Crippen molar-refractivity contribution in [3.8, 4) is 0 Å².